The average Bonchev–Trinajstić information content (AvgIpc) is 2.01. The molecule has 0 saturated heterocycles. The molecule has 0 amide bonds. The van der Waals surface area contributed by atoms with Crippen LogP contribution in [0.15, 0.2) is 0 Å². The smallest absolute Gasteiger partial charge is 0.148 e. The highest BCUT2D eigenvalue weighted by molar-refractivity contribution is 7.90. The minimum atomic E-state index is -2.83. The Morgan fingerprint density at radius 3 is 2.46 bits per heavy atom. The molecule has 0 aromatic carbocycles. The molecule has 0 saturated carbocycles. The van der Waals surface area contributed by atoms with Crippen LogP contribution in [0.1, 0.15) is 19.8 Å². The van der Waals surface area contributed by atoms with Gasteiger partial charge in [-0.15, -0.1) is 11.6 Å². The third-order valence-electron chi connectivity index (χ3n) is 1.73. The van der Waals surface area contributed by atoms with E-state index in [1.54, 1.807) is 0 Å². The van der Waals surface area contributed by atoms with Gasteiger partial charge >= 0.3 is 0 Å². The van der Waals surface area contributed by atoms with Crippen LogP contribution in [0.5, 0.6) is 0 Å². The molecule has 80 valence electrons. The Hall–Kier alpha value is 0.200. The summed E-state index contributed by atoms with van der Waals surface area (Å²) in [4.78, 5) is 0. The van der Waals surface area contributed by atoms with E-state index in [4.69, 9.17) is 11.6 Å². The lowest BCUT2D eigenvalue weighted by atomic mass is 10.2. The van der Waals surface area contributed by atoms with Crippen molar-refractivity contribution in [3.05, 3.63) is 0 Å². The Labute approximate surface area is 85.8 Å². The first-order valence-corrected chi connectivity index (χ1v) is 6.98. The summed E-state index contributed by atoms with van der Waals surface area (Å²) >= 11 is 5.88. The Kier molecular flexibility index (Phi) is 6.73. The first-order chi connectivity index (χ1) is 5.95. The summed E-state index contributed by atoms with van der Waals surface area (Å²) < 4.78 is 21.4. The van der Waals surface area contributed by atoms with E-state index in [0.717, 1.165) is 19.4 Å². The standard InChI is InChI=1S/C8H18ClNO2S/c1-3-8(9)4-5-10-6-7-13(2,11)12/h8,10H,3-7H2,1-2H3. The molecule has 5 heteroatoms. The van der Waals surface area contributed by atoms with Crippen molar-refractivity contribution in [1.29, 1.82) is 0 Å². The second-order valence-corrected chi connectivity index (χ2v) is 6.05. The van der Waals surface area contributed by atoms with Gasteiger partial charge < -0.3 is 5.32 Å². The van der Waals surface area contributed by atoms with Gasteiger partial charge in [-0.1, -0.05) is 6.92 Å². The third-order valence-corrected chi connectivity index (χ3v) is 3.20. The fourth-order valence-electron chi connectivity index (χ4n) is 0.845. The fourth-order valence-corrected chi connectivity index (χ4v) is 1.47. The van der Waals surface area contributed by atoms with Crippen LogP contribution in [0.4, 0.5) is 0 Å². The molecule has 0 fully saturated rings. The fraction of sp³-hybridized carbons (Fsp3) is 1.00. The predicted molar refractivity (Wildman–Crippen MR) is 57.1 cm³/mol. The van der Waals surface area contributed by atoms with E-state index in [9.17, 15) is 8.42 Å². The maximum atomic E-state index is 10.7. The summed E-state index contributed by atoms with van der Waals surface area (Å²) in [6, 6.07) is 0. The van der Waals surface area contributed by atoms with Crippen molar-refractivity contribution in [3.63, 3.8) is 0 Å². The van der Waals surface area contributed by atoms with Gasteiger partial charge in [0.2, 0.25) is 0 Å². The van der Waals surface area contributed by atoms with Gasteiger partial charge in [-0.2, -0.15) is 0 Å². The van der Waals surface area contributed by atoms with Gasteiger partial charge in [-0.05, 0) is 19.4 Å². The summed E-state index contributed by atoms with van der Waals surface area (Å²) in [5.41, 5.74) is 0. The lowest BCUT2D eigenvalue weighted by molar-refractivity contribution is 0.592. The van der Waals surface area contributed by atoms with E-state index in [-0.39, 0.29) is 11.1 Å². The molecule has 0 heterocycles. The van der Waals surface area contributed by atoms with Gasteiger partial charge in [-0.3, -0.25) is 0 Å². The summed E-state index contributed by atoms with van der Waals surface area (Å²) in [5, 5.41) is 3.24. The molecular formula is C8H18ClNO2S. The van der Waals surface area contributed by atoms with Crippen LogP contribution >= 0.6 is 11.6 Å². The van der Waals surface area contributed by atoms with Crippen molar-refractivity contribution in [2.75, 3.05) is 25.1 Å². The summed E-state index contributed by atoms with van der Waals surface area (Å²) in [6.45, 7) is 3.35. The molecule has 0 aliphatic rings. The number of nitrogens with one attached hydrogen (secondary N) is 1. The van der Waals surface area contributed by atoms with E-state index in [1.807, 2.05) is 6.92 Å². The Bertz CT molecular complexity index is 216. The van der Waals surface area contributed by atoms with Gasteiger partial charge in [0.1, 0.15) is 9.84 Å². The molecule has 0 aromatic heterocycles. The Balaban J connectivity index is 3.27. The van der Waals surface area contributed by atoms with Gasteiger partial charge in [0.15, 0.2) is 0 Å². The SMILES string of the molecule is CCC(Cl)CCNCCS(C)(=O)=O. The molecule has 0 aliphatic heterocycles. The van der Waals surface area contributed by atoms with E-state index in [2.05, 4.69) is 5.32 Å². The van der Waals surface area contributed by atoms with Crippen LogP contribution in [-0.2, 0) is 9.84 Å². The highest BCUT2D eigenvalue weighted by atomic mass is 35.5. The van der Waals surface area contributed by atoms with Crippen molar-refractivity contribution in [3.8, 4) is 0 Å². The summed E-state index contributed by atoms with van der Waals surface area (Å²) in [5.74, 6) is 0.200. The lowest BCUT2D eigenvalue weighted by Crippen LogP contribution is -2.24. The van der Waals surface area contributed by atoms with Crippen molar-refractivity contribution in [2.24, 2.45) is 0 Å². The molecule has 1 unspecified atom stereocenters. The Morgan fingerprint density at radius 1 is 1.38 bits per heavy atom. The lowest BCUT2D eigenvalue weighted by Gasteiger charge is -2.06. The van der Waals surface area contributed by atoms with Gasteiger partial charge in [0.25, 0.3) is 0 Å². The summed E-state index contributed by atoms with van der Waals surface area (Å²) in [6.07, 6.45) is 3.09. The van der Waals surface area contributed by atoms with E-state index >= 15 is 0 Å². The van der Waals surface area contributed by atoms with Gasteiger partial charge in [-0.25, -0.2) is 8.42 Å². The highest BCUT2D eigenvalue weighted by Crippen LogP contribution is 2.04. The number of alkyl halides is 1. The molecule has 13 heavy (non-hydrogen) atoms. The van der Waals surface area contributed by atoms with E-state index < -0.39 is 9.84 Å². The average molecular weight is 228 g/mol. The van der Waals surface area contributed by atoms with Gasteiger partial charge in [0.05, 0.1) is 5.75 Å². The van der Waals surface area contributed by atoms with E-state index in [1.165, 1.54) is 6.26 Å². The van der Waals surface area contributed by atoms with Gasteiger partial charge in [0, 0.05) is 18.2 Å². The second-order valence-electron chi connectivity index (χ2n) is 3.17. The number of hydrogen-bond acceptors (Lipinski definition) is 3. The van der Waals surface area contributed by atoms with Crippen molar-refractivity contribution >= 4 is 21.4 Å². The molecule has 1 atom stereocenters. The van der Waals surface area contributed by atoms with E-state index in [0.29, 0.717) is 6.54 Å². The van der Waals surface area contributed by atoms with Crippen LogP contribution in [0, 0.1) is 0 Å². The molecule has 0 rings (SSSR count). The predicted octanol–water partition coefficient (Wildman–Crippen LogP) is 1.03. The van der Waals surface area contributed by atoms with Crippen LogP contribution in [0.2, 0.25) is 0 Å². The zero-order chi connectivity index (χ0) is 10.3. The summed E-state index contributed by atoms with van der Waals surface area (Å²) in [7, 11) is -2.83. The molecular weight excluding hydrogens is 210 g/mol. The monoisotopic (exact) mass is 227 g/mol. The number of halogens is 1. The normalized spacial score (nSPS) is 14.4. The minimum absolute atomic E-state index is 0.200. The molecule has 0 aromatic rings. The quantitative estimate of drug-likeness (QED) is 0.522. The van der Waals surface area contributed by atoms with Crippen LogP contribution in [0.25, 0.3) is 0 Å². The molecule has 3 nitrogen and oxygen atoms in total. The highest BCUT2D eigenvalue weighted by Gasteiger charge is 2.02. The molecule has 0 radical (unpaired) electrons. The zero-order valence-electron chi connectivity index (χ0n) is 8.22. The molecule has 1 N–H and O–H groups in total. The minimum Gasteiger partial charge on any atom is -0.316 e. The number of sulfone groups is 1. The number of rotatable bonds is 7. The maximum Gasteiger partial charge on any atom is 0.148 e. The first-order valence-electron chi connectivity index (χ1n) is 4.48. The molecule has 0 bridgehead atoms. The maximum absolute atomic E-state index is 10.7. The van der Waals surface area contributed by atoms with Crippen molar-refractivity contribution in [2.45, 2.75) is 25.1 Å². The van der Waals surface area contributed by atoms with Crippen LogP contribution in [-0.4, -0.2) is 38.9 Å². The molecule has 0 spiro atoms. The second kappa shape index (κ2) is 6.62. The van der Waals surface area contributed by atoms with Crippen LogP contribution < -0.4 is 5.32 Å². The van der Waals surface area contributed by atoms with Crippen molar-refractivity contribution in [1.82, 2.24) is 5.32 Å². The third kappa shape index (κ3) is 10.1. The van der Waals surface area contributed by atoms with Crippen LogP contribution in [0.3, 0.4) is 0 Å². The first kappa shape index (κ1) is 13.2. The number of hydrogen-bond donors (Lipinski definition) is 1. The Morgan fingerprint density at radius 2 is 2.00 bits per heavy atom. The largest absolute Gasteiger partial charge is 0.316 e. The topological polar surface area (TPSA) is 46.2 Å². The zero-order valence-corrected chi connectivity index (χ0v) is 9.79. The molecule has 0 aliphatic carbocycles. The van der Waals surface area contributed by atoms with Crippen molar-refractivity contribution < 1.29 is 8.42 Å².